The van der Waals surface area contributed by atoms with Gasteiger partial charge in [0.25, 0.3) is 0 Å². The van der Waals surface area contributed by atoms with Crippen LogP contribution in [0.2, 0.25) is 0 Å². The number of carboxylic acid groups (broad SMARTS) is 1. The smallest absolute Gasteiger partial charge is 0.337 e. The number of hydrogen-bond donors (Lipinski definition) is 3. The molecule has 0 fully saturated rings. The first-order chi connectivity index (χ1) is 10.7. The van der Waals surface area contributed by atoms with Crippen LogP contribution in [0, 0.1) is 0 Å². The third-order valence-corrected chi connectivity index (χ3v) is 3.40. The van der Waals surface area contributed by atoms with E-state index in [4.69, 9.17) is 5.73 Å². The molecule has 1 heterocycles. The molecule has 0 saturated heterocycles. The van der Waals surface area contributed by atoms with Crippen molar-refractivity contribution in [3.8, 4) is 0 Å². The van der Waals surface area contributed by atoms with Crippen molar-refractivity contribution in [2.75, 3.05) is 11.1 Å². The van der Waals surface area contributed by atoms with Gasteiger partial charge in [0.1, 0.15) is 12.1 Å². The van der Waals surface area contributed by atoms with Crippen LogP contribution in [0.5, 0.6) is 0 Å². The van der Waals surface area contributed by atoms with E-state index in [2.05, 4.69) is 15.3 Å². The Kier molecular flexibility index (Phi) is 3.57. The summed E-state index contributed by atoms with van der Waals surface area (Å²) in [6.07, 6.45) is 1.35. The maximum Gasteiger partial charge on any atom is 0.337 e. The Labute approximate surface area is 126 Å². The predicted octanol–water partition coefficient (Wildman–Crippen LogP) is 2.52. The number of carboxylic acids is 1. The largest absolute Gasteiger partial charge is 0.478 e. The van der Waals surface area contributed by atoms with E-state index in [1.165, 1.54) is 12.4 Å². The third-order valence-electron chi connectivity index (χ3n) is 3.40. The molecule has 3 rings (SSSR count). The molecule has 0 aliphatic rings. The highest BCUT2D eigenvalue weighted by Crippen LogP contribution is 2.23. The number of benzene rings is 2. The number of nitrogens with zero attached hydrogens (tertiary/aromatic N) is 2. The van der Waals surface area contributed by atoms with Gasteiger partial charge < -0.3 is 16.2 Å². The van der Waals surface area contributed by atoms with Gasteiger partial charge in [-0.05, 0) is 23.8 Å². The summed E-state index contributed by atoms with van der Waals surface area (Å²) in [6, 6.07) is 12.5. The van der Waals surface area contributed by atoms with Crippen LogP contribution in [0.3, 0.4) is 0 Å². The predicted molar refractivity (Wildman–Crippen MR) is 84.7 cm³/mol. The fourth-order valence-corrected chi connectivity index (χ4v) is 2.28. The molecule has 0 bridgehead atoms. The first kappa shape index (κ1) is 13.8. The molecule has 0 amide bonds. The summed E-state index contributed by atoms with van der Waals surface area (Å²) in [5, 5.41) is 13.1. The van der Waals surface area contributed by atoms with E-state index in [-0.39, 0.29) is 5.56 Å². The second-order valence-corrected chi connectivity index (χ2v) is 4.78. The third kappa shape index (κ3) is 2.54. The zero-order valence-corrected chi connectivity index (χ0v) is 11.7. The first-order valence-electron chi connectivity index (χ1n) is 6.71. The molecule has 0 spiro atoms. The minimum absolute atomic E-state index is 0.155. The van der Waals surface area contributed by atoms with Gasteiger partial charge in [0, 0.05) is 17.6 Å². The maximum absolute atomic E-state index is 11.3. The van der Waals surface area contributed by atoms with E-state index < -0.39 is 5.97 Å². The van der Waals surface area contributed by atoms with E-state index in [0.717, 1.165) is 5.56 Å². The van der Waals surface area contributed by atoms with E-state index in [0.29, 0.717) is 29.0 Å². The number of aromatic carboxylic acids is 1. The second-order valence-electron chi connectivity index (χ2n) is 4.78. The van der Waals surface area contributed by atoms with Crippen molar-refractivity contribution in [3.05, 3.63) is 59.9 Å². The summed E-state index contributed by atoms with van der Waals surface area (Å²) in [5.74, 6) is -0.432. The Morgan fingerprint density at radius 2 is 1.95 bits per heavy atom. The summed E-state index contributed by atoms with van der Waals surface area (Å²) in [4.78, 5) is 19.5. The average Bonchev–Trinajstić information content (AvgIpc) is 2.53. The number of fused-ring (bicyclic) bond motifs is 1. The van der Waals surface area contributed by atoms with Crippen LogP contribution in [0.1, 0.15) is 15.9 Å². The van der Waals surface area contributed by atoms with Crippen molar-refractivity contribution in [2.24, 2.45) is 0 Å². The van der Waals surface area contributed by atoms with Gasteiger partial charge in [-0.3, -0.25) is 0 Å². The van der Waals surface area contributed by atoms with Crippen LogP contribution in [-0.2, 0) is 6.54 Å². The molecule has 2 aromatic carbocycles. The van der Waals surface area contributed by atoms with Crippen LogP contribution in [0.25, 0.3) is 10.9 Å². The summed E-state index contributed by atoms with van der Waals surface area (Å²) in [6.45, 7) is 0.496. The molecule has 0 atom stereocenters. The number of carbonyl (C=O) groups is 1. The lowest BCUT2D eigenvalue weighted by molar-refractivity contribution is 0.0699. The van der Waals surface area contributed by atoms with Crippen LogP contribution in [0.15, 0.2) is 48.8 Å². The van der Waals surface area contributed by atoms with Crippen molar-refractivity contribution in [2.45, 2.75) is 6.54 Å². The number of rotatable bonds is 4. The van der Waals surface area contributed by atoms with E-state index in [1.54, 1.807) is 12.1 Å². The van der Waals surface area contributed by atoms with Crippen LogP contribution in [0.4, 0.5) is 11.5 Å². The SMILES string of the molecule is Nc1ccccc1CNc1ncnc2c(C(=O)O)cccc12. The van der Waals surface area contributed by atoms with Crippen molar-refractivity contribution in [1.82, 2.24) is 9.97 Å². The zero-order chi connectivity index (χ0) is 15.5. The number of aromatic nitrogens is 2. The Bertz CT molecular complexity index is 848. The summed E-state index contributed by atoms with van der Waals surface area (Å²) in [5.41, 5.74) is 8.12. The Morgan fingerprint density at radius 1 is 1.14 bits per heavy atom. The topological polar surface area (TPSA) is 101 Å². The molecule has 1 aromatic heterocycles. The highest BCUT2D eigenvalue weighted by Gasteiger charge is 2.12. The van der Waals surface area contributed by atoms with E-state index >= 15 is 0 Å². The molecule has 0 aliphatic carbocycles. The molecule has 6 heteroatoms. The minimum atomic E-state index is -1.01. The fourth-order valence-electron chi connectivity index (χ4n) is 2.28. The number of nitrogens with two attached hydrogens (primary N) is 1. The Morgan fingerprint density at radius 3 is 2.73 bits per heavy atom. The molecule has 4 N–H and O–H groups in total. The number of nitrogen functional groups attached to an aromatic ring is 1. The molecule has 3 aromatic rings. The molecule has 0 aliphatic heterocycles. The standard InChI is InChI=1S/C16H14N4O2/c17-13-7-2-1-4-10(13)8-18-15-11-5-3-6-12(16(21)22)14(11)19-9-20-15/h1-7,9H,8,17H2,(H,21,22)(H,18,19,20). The fraction of sp³-hybridized carbons (Fsp3) is 0.0625. The quantitative estimate of drug-likeness (QED) is 0.639. The summed E-state index contributed by atoms with van der Waals surface area (Å²) < 4.78 is 0. The highest BCUT2D eigenvalue weighted by atomic mass is 16.4. The van der Waals surface area contributed by atoms with Gasteiger partial charge >= 0.3 is 5.97 Å². The Hall–Kier alpha value is -3.15. The number of nitrogens with one attached hydrogen (secondary N) is 1. The average molecular weight is 294 g/mol. The lowest BCUT2D eigenvalue weighted by atomic mass is 10.1. The Balaban J connectivity index is 1.96. The van der Waals surface area contributed by atoms with Crippen LogP contribution >= 0.6 is 0 Å². The molecule has 22 heavy (non-hydrogen) atoms. The number of anilines is 2. The van der Waals surface area contributed by atoms with E-state index in [9.17, 15) is 9.90 Å². The van der Waals surface area contributed by atoms with Crippen molar-refractivity contribution < 1.29 is 9.90 Å². The first-order valence-corrected chi connectivity index (χ1v) is 6.71. The molecule has 0 saturated carbocycles. The number of para-hydroxylation sites is 2. The minimum Gasteiger partial charge on any atom is -0.478 e. The van der Waals surface area contributed by atoms with Gasteiger partial charge in [0.15, 0.2) is 0 Å². The van der Waals surface area contributed by atoms with Gasteiger partial charge in [-0.1, -0.05) is 24.3 Å². The molecular weight excluding hydrogens is 280 g/mol. The lowest BCUT2D eigenvalue weighted by Gasteiger charge is -2.10. The lowest BCUT2D eigenvalue weighted by Crippen LogP contribution is -2.06. The summed E-state index contributed by atoms with van der Waals surface area (Å²) >= 11 is 0. The van der Waals surface area contributed by atoms with Gasteiger partial charge in [0.05, 0.1) is 11.1 Å². The van der Waals surface area contributed by atoms with Crippen LogP contribution < -0.4 is 11.1 Å². The van der Waals surface area contributed by atoms with Gasteiger partial charge in [-0.2, -0.15) is 0 Å². The highest BCUT2D eigenvalue weighted by molar-refractivity contribution is 6.04. The molecular formula is C16H14N4O2. The molecule has 0 radical (unpaired) electrons. The van der Waals surface area contributed by atoms with Crippen LogP contribution in [-0.4, -0.2) is 21.0 Å². The van der Waals surface area contributed by atoms with Crippen molar-refractivity contribution in [3.63, 3.8) is 0 Å². The monoisotopic (exact) mass is 294 g/mol. The normalized spacial score (nSPS) is 10.5. The van der Waals surface area contributed by atoms with Crippen molar-refractivity contribution in [1.29, 1.82) is 0 Å². The maximum atomic E-state index is 11.3. The second kappa shape index (κ2) is 5.69. The zero-order valence-electron chi connectivity index (χ0n) is 11.7. The van der Waals surface area contributed by atoms with Crippen molar-refractivity contribution >= 4 is 28.4 Å². The summed E-state index contributed by atoms with van der Waals surface area (Å²) in [7, 11) is 0. The van der Waals surface area contributed by atoms with Gasteiger partial charge in [0.2, 0.25) is 0 Å². The molecule has 6 nitrogen and oxygen atoms in total. The van der Waals surface area contributed by atoms with Gasteiger partial charge in [-0.25, -0.2) is 14.8 Å². The number of hydrogen-bond acceptors (Lipinski definition) is 5. The molecule has 110 valence electrons. The van der Waals surface area contributed by atoms with E-state index in [1.807, 2.05) is 24.3 Å². The van der Waals surface area contributed by atoms with Gasteiger partial charge in [-0.15, -0.1) is 0 Å². The molecule has 0 unspecified atom stereocenters.